The van der Waals surface area contributed by atoms with Gasteiger partial charge in [0.1, 0.15) is 0 Å². The minimum Gasteiger partial charge on any atom is -0.396 e. The Morgan fingerprint density at radius 3 is 1.02 bits per heavy atom. The number of nitrogens with one attached hydrogen (secondary N) is 1. The molecule has 6 heteroatoms. The highest BCUT2D eigenvalue weighted by molar-refractivity contribution is 5.76. The van der Waals surface area contributed by atoms with Crippen molar-refractivity contribution in [1.82, 2.24) is 5.32 Å². The molecule has 0 saturated heterocycles. The van der Waals surface area contributed by atoms with Gasteiger partial charge in [-0.15, -0.1) is 0 Å². The van der Waals surface area contributed by atoms with Crippen LogP contribution in [0.2, 0.25) is 0 Å². The first-order chi connectivity index (χ1) is 28.5. The maximum absolute atomic E-state index is 12.4. The molecule has 0 rings (SSSR count). The van der Waals surface area contributed by atoms with Crippen molar-refractivity contribution in [3.63, 3.8) is 0 Å². The van der Waals surface area contributed by atoms with Crippen molar-refractivity contribution in [2.45, 2.75) is 301 Å². The first-order valence-electron chi connectivity index (χ1n) is 26.1. The molecule has 0 radical (unpaired) electrons. The molecule has 0 saturated carbocycles. The number of unbranched alkanes of at least 4 members (excludes halogenated alkanes) is 39. The third-order valence-corrected chi connectivity index (χ3v) is 12.4. The Morgan fingerprint density at radius 1 is 0.414 bits per heavy atom. The van der Waals surface area contributed by atoms with Crippen LogP contribution in [0.5, 0.6) is 0 Å². The Balaban J connectivity index is 3.45. The van der Waals surface area contributed by atoms with Crippen LogP contribution in [0.25, 0.3) is 0 Å². The fraction of sp³-hybridized carbons (Fsp3) is 0.942. The number of hydrogen-bond acceptors (Lipinski definition) is 5. The molecule has 0 bridgehead atoms. The van der Waals surface area contributed by atoms with E-state index >= 15 is 0 Å². The van der Waals surface area contributed by atoms with Crippen molar-refractivity contribution in [3.05, 3.63) is 12.2 Å². The van der Waals surface area contributed by atoms with Gasteiger partial charge in [0.05, 0.1) is 24.9 Å². The molecule has 346 valence electrons. The van der Waals surface area contributed by atoms with Gasteiger partial charge in [0.15, 0.2) is 0 Å². The van der Waals surface area contributed by atoms with E-state index in [9.17, 15) is 20.1 Å². The third kappa shape index (κ3) is 44.6. The van der Waals surface area contributed by atoms with Gasteiger partial charge < -0.3 is 25.7 Å². The van der Waals surface area contributed by atoms with Gasteiger partial charge in [0.25, 0.3) is 0 Å². The summed E-state index contributed by atoms with van der Waals surface area (Å²) < 4.78 is 0. The summed E-state index contributed by atoms with van der Waals surface area (Å²) >= 11 is 0. The highest BCUT2D eigenvalue weighted by atomic mass is 16.3. The molecule has 0 spiro atoms. The topological polar surface area (TPSA) is 110 Å². The number of aliphatic hydroxyl groups is 4. The smallest absolute Gasteiger partial charge is 0.220 e. The predicted octanol–water partition coefficient (Wildman–Crippen LogP) is 14.5. The van der Waals surface area contributed by atoms with Crippen LogP contribution in [0.1, 0.15) is 283 Å². The Kier molecular flexibility index (Phi) is 47.9. The van der Waals surface area contributed by atoms with E-state index in [1.807, 2.05) is 0 Å². The average Bonchev–Trinajstić information content (AvgIpc) is 3.23. The molecular formula is C52H103NO5. The lowest BCUT2D eigenvalue weighted by Crippen LogP contribution is -2.45. The molecule has 0 unspecified atom stereocenters. The largest absolute Gasteiger partial charge is 0.396 e. The molecule has 0 aliphatic heterocycles. The second kappa shape index (κ2) is 48.7. The van der Waals surface area contributed by atoms with Crippen LogP contribution in [0.3, 0.4) is 0 Å². The van der Waals surface area contributed by atoms with Crippen LogP contribution < -0.4 is 5.32 Å². The van der Waals surface area contributed by atoms with Gasteiger partial charge in [-0.1, -0.05) is 269 Å². The number of rotatable bonds is 49. The molecule has 0 aliphatic rings. The minimum atomic E-state index is -1.01. The molecule has 0 aromatic rings. The fourth-order valence-corrected chi connectivity index (χ4v) is 8.36. The second-order valence-corrected chi connectivity index (χ2v) is 18.2. The molecule has 5 N–H and O–H groups in total. The van der Waals surface area contributed by atoms with E-state index in [1.165, 1.54) is 231 Å². The summed E-state index contributed by atoms with van der Waals surface area (Å²) in [5, 5.41) is 42.1. The monoisotopic (exact) mass is 822 g/mol. The Bertz CT molecular complexity index is 822. The van der Waals surface area contributed by atoms with E-state index in [2.05, 4.69) is 12.2 Å². The van der Waals surface area contributed by atoms with E-state index in [0.29, 0.717) is 19.4 Å². The van der Waals surface area contributed by atoms with Crippen molar-refractivity contribution < 1.29 is 25.2 Å². The lowest BCUT2D eigenvalue weighted by atomic mass is 10.0. The van der Waals surface area contributed by atoms with Crippen molar-refractivity contribution in [2.75, 3.05) is 13.2 Å². The molecule has 0 aliphatic carbocycles. The zero-order chi connectivity index (χ0) is 42.3. The van der Waals surface area contributed by atoms with Crippen LogP contribution in [-0.4, -0.2) is 57.8 Å². The van der Waals surface area contributed by atoms with Gasteiger partial charge in [-0.25, -0.2) is 0 Å². The van der Waals surface area contributed by atoms with Gasteiger partial charge >= 0.3 is 0 Å². The SMILES string of the molecule is CCCCCCCCCCCC[C@@H](O)/C=C/[C@@H](O)[C@H](CO)NC(=O)CCCCCCCCCCCCCCCCCCCCCCCCCCCCCCCCCO. The molecule has 6 nitrogen and oxygen atoms in total. The van der Waals surface area contributed by atoms with Crippen molar-refractivity contribution in [1.29, 1.82) is 0 Å². The maximum atomic E-state index is 12.4. The molecule has 0 aromatic carbocycles. The minimum absolute atomic E-state index is 0.125. The van der Waals surface area contributed by atoms with Crippen molar-refractivity contribution in [2.24, 2.45) is 0 Å². The summed E-state index contributed by atoms with van der Waals surface area (Å²) in [5.74, 6) is -0.125. The first kappa shape index (κ1) is 57.1. The Hall–Kier alpha value is -0.950. The van der Waals surface area contributed by atoms with Gasteiger partial charge in [0.2, 0.25) is 5.91 Å². The van der Waals surface area contributed by atoms with E-state index in [0.717, 1.165) is 38.5 Å². The van der Waals surface area contributed by atoms with Gasteiger partial charge in [0, 0.05) is 13.0 Å². The van der Waals surface area contributed by atoms with Crippen LogP contribution in [-0.2, 0) is 4.79 Å². The molecule has 0 aromatic heterocycles. The van der Waals surface area contributed by atoms with Crippen LogP contribution in [0.4, 0.5) is 0 Å². The van der Waals surface area contributed by atoms with Gasteiger partial charge in [-0.2, -0.15) is 0 Å². The van der Waals surface area contributed by atoms with Gasteiger partial charge in [-0.05, 0) is 19.3 Å². The van der Waals surface area contributed by atoms with Crippen molar-refractivity contribution in [3.8, 4) is 0 Å². The molecule has 1 amide bonds. The summed E-state index contributed by atoms with van der Waals surface area (Å²) in [4.78, 5) is 12.4. The van der Waals surface area contributed by atoms with E-state index in [4.69, 9.17) is 5.11 Å². The highest BCUT2D eigenvalue weighted by Gasteiger charge is 2.18. The lowest BCUT2D eigenvalue weighted by Gasteiger charge is -2.20. The Morgan fingerprint density at radius 2 is 0.707 bits per heavy atom. The zero-order valence-corrected chi connectivity index (χ0v) is 38.9. The number of hydrogen-bond donors (Lipinski definition) is 5. The van der Waals surface area contributed by atoms with E-state index < -0.39 is 18.2 Å². The molecular weight excluding hydrogens is 719 g/mol. The standard InChI is InChI=1S/C52H103NO5/c1-2-3-4-5-6-7-31-34-37-40-43-49(56)45-46-51(57)50(48-55)53-52(58)44-41-38-35-32-29-27-25-23-21-19-17-15-13-11-9-8-10-12-14-16-18-20-22-24-26-28-30-33-36-39-42-47-54/h45-46,49-51,54-57H,2-44,47-48H2,1H3,(H,53,58)/b46-45+/t49-,50+,51-/m1/s1. The normalized spacial score (nSPS) is 13.4. The van der Waals surface area contributed by atoms with Crippen LogP contribution in [0, 0.1) is 0 Å². The summed E-state index contributed by atoms with van der Waals surface area (Å²) in [6, 6.07) is -0.742. The highest BCUT2D eigenvalue weighted by Crippen LogP contribution is 2.18. The second-order valence-electron chi connectivity index (χ2n) is 18.2. The van der Waals surface area contributed by atoms with E-state index in [1.54, 1.807) is 6.08 Å². The molecule has 0 heterocycles. The number of carbonyl (C=O) groups excluding carboxylic acids is 1. The Labute approximate surface area is 362 Å². The van der Waals surface area contributed by atoms with Crippen LogP contribution in [0.15, 0.2) is 12.2 Å². The summed E-state index contributed by atoms with van der Waals surface area (Å²) in [5.41, 5.74) is 0. The molecule has 3 atom stereocenters. The lowest BCUT2D eigenvalue weighted by molar-refractivity contribution is -0.123. The quantitative estimate of drug-likeness (QED) is 0.0310. The fourth-order valence-electron chi connectivity index (χ4n) is 8.36. The average molecular weight is 822 g/mol. The number of aliphatic hydroxyl groups excluding tert-OH is 4. The zero-order valence-electron chi connectivity index (χ0n) is 38.9. The van der Waals surface area contributed by atoms with E-state index in [-0.39, 0.29) is 12.5 Å². The number of amides is 1. The summed E-state index contributed by atoms with van der Waals surface area (Å²) in [7, 11) is 0. The van der Waals surface area contributed by atoms with Crippen LogP contribution >= 0.6 is 0 Å². The predicted molar refractivity (Wildman–Crippen MR) is 251 cm³/mol. The molecule has 0 fully saturated rings. The van der Waals surface area contributed by atoms with Gasteiger partial charge in [-0.3, -0.25) is 4.79 Å². The summed E-state index contributed by atoms with van der Waals surface area (Å²) in [6.45, 7) is 2.28. The molecule has 58 heavy (non-hydrogen) atoms. The summed E-state index contributed by atoms with van der Waals surface area (Å²) in [6.07, 6.45) is 56.8. The third-order valence-electron chi connectivity index (χ3n) is 12.4. The maximum Gasteiger partial charge on any atom is 0.220 e. The first-order valence-corrected chi connectivity index (χ1v) is 26.1. The van der Waals surface area contributed by atoms with Crippen molar-refractivity contribution >= 4 is 5.91 Å². The number of carbonyl (C=O) groups is 1.